The van der Waals surface area contributed by atoms with Gasteiger partial charge in [0.2, 0.25) is 0 Å². The maximum atomic E-state index is 10.9. The maximum Gasteiger partial charge on any atom is 0.337 e. The van der Waals surface area contributed by atoms with Gasteiger partial charge in [0.1, 0.15) is 0 Å². The number of carboxylic acid groups (broad SMARTS) is 1. The van der Waals surface area contributed by atoms with Crippen molar-refractivity contribution >= 4 is 5.97 Å². The number of likely N-dealkylation sites (tertiary alicyclic amines) is 1. The molecule has 4 nitrogen and oxygen atoms in total. The Morgan fingerprint density at radius 2 is 2.42 bits per heavy atom. The summed E-state index contributed by atoms with van der Waals surface area (Å²) in [5.41, 5.74) is -0.948. The predicted molar refractivity (Wildman–Crippen MR) is 44.1 cm³/mol. The van der Waals surface area contributed by atoms with Crippen LogP contribution in [0, 0.1) is 0 Å². The second kappa shape index (κ2) is 3.41. The molecule has 0 bridgehead atoms. The molecule has 1 unspecified atom stereocenters. The zero-order chi connectivity index (χ0) is 9.19. The minimum Gasteiger partial charge on any atom is -0.479 e. The second-order valence-corrected chi connectivity index (χ2v) is 3.12. The summed E-state index contributed by atoms with van der Waals surface area (Å²) >= 11 is 0. The van der Waals surface area contributed by atoms with E-state index in [1.54, 1.807) is 0 Å². The lowest BCUT2D eigenvalue weighted by Gasteiger charge is -2.22. The molecule has 0 aromatic heterocycles. The third kappa shape index (κ3) is 1.44. The molecule has 1 fully saturated rings. The van der Waals surface area contributed by atoms with Gasteiger partial charge in [-0.05, 0) is 6.54 Å². The Labute approximate surface area is 72.1 Å². The van der Waals surface area contributed by atoms with Gasteiger partial charge in [-0.3, -0.25) is 4.90 Å². The summed E-state index contributed by atoms with van der Waals surface area (Å²) in [6.07, 6.45) is 0.590. The van der Waals surface area contributed by atoms with Crippen LogP contribution >= 0.6 is 0 Å². The van der Waals surface area contributed by atoms with Crippen LogP contribution in [-0.2, 0) is 9.53 Å². The SMILES string of the molecule is CCN1CCC(OC)(C(=O)O)C1. The van der Waals surface area contributed by atoms with Gasteiger partial charge in [-0.1, -0.05) is 6.92 Å². The Kier molecular flexibility index (Phi) is 2.69. The average Bonchev–Trinajstić information content (AvgIpc) is 2.48. The van der Waals surface area contributed by atoms with Crippen LogP contribution in [0.2, 0.25) is 0 Å². The summed E-state index contributed by atoms with van der Waals surface area (Å²) in [7, 11) is 1.47. The number of nitrogens with zero attached hydrogens (tertiary/aromatic N) is 1. The zero-order valence-corrected chi connectivity index (χ0v) is 7.54. The Balaban J connectivity index is 2.66. The summed E-state index contributed by atoms with van der Waals surface area (Å²) in [5.74, 6) is -0.846. The molecule has 1 aliphatic heterocycles. The molecule has 70 valence electrons. The molecule has 4 heteroatoms. The van der Waals surface area contributed by atoms with Gasteiger partial charge >= 0.3 is 5.97 Å². The smallest absolute Gasteiger partial charge is 0.337 e. The Morgan fingerprint density at radius 3 is 2.67 bits per heavy atom. The van der Waals surface area contributed by atoms with E-state index in [-0.39, 0.29) is 0 Å². The normalized spacial score (nSPS) is 30.8. The van der Waals surface area contributed by atoms with Crippen molar-refractivity contribution in [2.24, 2.45) is 0 Å². The van der Waals surface area contributed by atoms with Crippen LogP contribution in [0.3, 0.4) is 0 Å². The molecule has 0 aromatic rings. The summed E-state index contributed by atoms with van der Waals surface area (Å²) in [5, 5.41) is 8.93. The van der Waals surface area contributed by atoms with E-state index in [1.807, 2.05) is 6.92 Å². The van der Waals surface area contributed by atoms with Gasteiger partial charge in [0.15, 0.2) is 5.60 Å². The molecule has 0 spiro atoms. The molecule has 0 amide bonds. The third-order valence-electron chi connectivity index (χ3n) is 2.54. The van der Waals surface area contributed by atoms with Crippen molar-refractivity contribution in [1.82, 2.24) is 4.90 Å². The molecular weight excluding hydrogens is 158 g/mol. The van der Waals surface area contributed by atoms with E-state index in [1.165, 1.54) is 7.11 Å². The van der Waals surface area contributed by atoms with Crippen LogP contribution in [0.4, 0.5) is 0 Å². The van der Waals surface area contributed by atoms with E-state index >= 15 is 0 Å². The number of carboxylic acids is 1. The van der Waals surface area contributed by atoms with E-state index in [2.05, 4.69) is 4.90 Å². The van der Waals surface area contributed by atoms with Crippen LogP contribution in [0.25, 0.3) is 0 Å². The highest BCUT2D eigenvalue weighted by molar-refractivity contribution is 5.78. The molecule has 1 aliphatic rings. The lowest BCUT2D eigenvalue weighted by Crippen LogP contribution is -2.43. The van der Waals surface area contributed by atoms with E-state index in [9.17, 15) is 4.79 Å². The third-order valence-corrected chi connectivity index (χ3v) is 2.54. The molecular formula is C8H15NO3. The number of likely N-dealkylation sites (N-methyl/N-ethyl adjacent to an activating group) is 1. The summed E-state index contributed by atoms with van der Waals surface area (Å²) in [6, 6.07) is 0. The van der Waals surface area contributed by atoms with Crippen LogP contribution < -0.4 is 0 Å². The van der Waals surface area contributed by atoms with Gasteiger partial charge < -0.3 is 9.84 Å². The molecule has 0 aliphatic carbocycles. The van der Waals surface area contributed by atoms with Crippen molar-refractivity contribution in [3.63, 3.8) is 0 Å². The first kappa shape index (κ1) is 9.48. The quantitative estimate of drug-likeness (QED) is 0.661. The van der Waals surface area contributed by atoms with Crippen LogP contribution in [0.15, 0.2) is 0 Å². The molecule has 0 saturated carbocycles. The van der Waals surface area contributed by atoms with E-state index in [0.29, 0.717) is 13.0 Å². The Hall–Kier alpha value is -0.610. The largest absolute Gasteiger partial charge is 0.479 e. The average molecular weight is 173 g/mol. The van der Waals surface area contributed by atoms with Crippen molar-refractivity contribution in [1.29, 1.82) is 0 Å². The van der Waals surface area contributed by atoms with Gasteiger partial charge in [0.25, 0.3) is 0 Å². The lowest BCUT2D eigenvalue weighted by molar-refractivity contribution is -0.160. The van der Waals surface area contributed by atoms with Crippen molar-refractivity contribution in [3.8, 4) is 0 Å². The van der Waals surface area contributed by atoms with Gasteiger partial charge in [-0.2, -0.15) is 0 Å². The minimum atomic E-state index is -0.948. The molecule has 0 aromatic carbocycles. The first-order valence-electron chi connectivity index (χ1n) is 4.15. The molecule has 0 radical (unpaired) electrons. The Morgan fingerprint density at radius 1 is 1.75 bits per heavy atom. The second-order valence-electron chi connectivity index (χ2n) is 3.12. The summed E-state index contributed by atoms with van der Waals surface area (Å²) in [4.78, 5) is 12.9. The van der Waals surface area contributed by atoms with E-state index < -0.39 is 11.6 Å². The van der Waals surface area contributed by atoms with Gasteiger partial charge in [-0.25, -0.2) is 4.79 Å². The minimum absolute atomic E-state index is 0.509. The van der Waals surface area contributed by atoms with Crippen LogP contribution in [0.5, 0.6) is 0 Å². The lowest BCUT2D eigenvalue weighted by atomic mass is 10.0. The van der Waals surface area contributed by atoms with E-state index in [4.69, 9.17) is 9.84 Å². The number of hydrogen-bond acceptors (Lipinski definition) is 3. The topological polar surface area (TPSA) is 49.8 Å². The Bertz CT molecular complexity index is 183. The number of aliphatic carboxylic acids is 1. The first-order valence-corrected chi connectivity index (χ1v) is 4.15. The van der Waals surface area contributed by atoms with Gasteiger partial charge in [-0.15, -0.1) is 0 Å². The molecule has 1 rings (SSSR count). The maximum absolute atomic E-state index is 10.9. The van der Waals surface area contributed by atoms with E-state index in [0.717, 1.165) is 13.1 Å². The van der Waals surface area contributed by atoms with Crippen LogP contribution in [-0.4, -0.2) is 48.3 Å². The fraction of sp³-hybridized carbons (Fsp3) is 0.875. The highest BCUT2D eigenvalue weighted by Gasteiger charge is 2.44. The monoisotopic (exact) mass is 173 g/mol. The predicted octanol–water partition coefficient (Wildman–Crippen LogP) is 0.182. The van der Waals surface area contributed by atoms with Gasteiger partial charge in [0.05, 0.1) is 0 Å². The first-order chi connectivity index (χ1) is 5.64. The van der Waals surface area contributed by atoms with Crippen molar-refractivity contribution in [2.45, 2.75) is 18.9 Å². The summed E-state index contributed by atoms with van der Waals surface area (Å²) in [6.45, 7) is 4.23. The number of hydrogen-bond donors (Lipinski definition) is 1. The molecule has 1 N–H and O–H groups in total. The van der Waals surface area contributed by atoms with Crippen molar-refractivity contribution < 1.29 is 14.6 Å². The van der Waals surface area contributed by atoms with Gasteiger partial charge in [0, 0.05) is 26.6 Å². The molecule has 1 saturated heterocycles. The number of rotatable bonds is 3. The molecule has 1 atom stereocenters. The number of ether oxygens (including phenoxy) is 1. The number of carbonyl (C=O) groups is 1. The zero-order valence-electron chi connectivity index (χ0n) is 7.54. The summed E-state index contributed by atoms with van der Waals surface area (Å²) < 4.78 is 5.05. The van der Waals surface area contributed by atoms with Crippen molar-refractivity contribution in [2.75, 3.05) is 26.7 Å². The highest BCUT2D eigenvalue weighted by atomic mass is 16.5. The fourth-order valence-electron chi connectivity index (χ4n) is 1.56. The molecule has 12 heavy (non-hydrogen) atoms. The molecule has 1 heterocycles. The highest BCUT2D eigenvalue weighted by Crippen LogP contribution is 2.24. The standard InChI is InChI=1S/C8H15NO3/c1-3-9-5-4-8(6-9,12-2)7(10)11/h3-6H2,1-2H3,(H,10,11). The fourth-order valence-corrected chi connectivity index (χ4v) is 1.56. The van der Waals surface area contributed by atoms with Crippen molar-refractivity contribution in [3.05, 3.63) is 0 Å². The van der Waals surface area contributed by atoms with Crippen LogP contribution in [0.1, 0.15) is 13.3 Å². The number of methoxy groups -OCH3 is 1.